The van der Waals surface area contributed by atoms with Crippen LogP contribution in [0, 0.1) is 10.1 Å². The maximum absolute atomic E-state index is 11.7. The van der Waals surface area contributed by atoms with E-state index in [2.05, 4.69) is 6.92 Å². The molecule has 1 aromatic carbocycles. The minimum Gasteiger partial charge on any atom is -0.493 e. The molecule has 0 heterocycles. The fourth-order valence-electron chi connectivity index (χ4n) is 2.73. The van der Waals surface area contributed by atoms with Crippen molar-refractivity contribution in [3.8, 4) is 5.75 Å². The molecule has 0 aliphatic carbocycles. The Morgan fingerprint density at radius 3 is 2.37 bits per heavy atom. The Balaban J connectivity index is 2.40. The number of benzene rings is 1. The van der Waals surface area contributed by atoms with Crippen LogP contribution >= 0.6 is 0 Å². The number of nitro benzene ring substituents is 1. The molecule has 0 saturated carbocycles. The Morgan fingerprint density at radius 1 is 1.07 bits per heavy atom. The standard InChI is InChI=1S/C20H33NO5S/c1-4-5-14-26-19-13-12-18(20(16-19)21(22)23)11-9-7-6-8-10-15-27(24,25)17(2)3/h12-13,16-17H,4-11,14-15H2,1-3H3. The van der Waals surface area contributed by atoms with Crippen LogP contribution in [0.1, 0.15) is 71.3 Å². The second-order valence-electron chi connectivity index (χ2n) is 7.18. The van der Waals surface area contributed by atoms with Gasteiger partial charge in [0.05, 0.1) is 28.6 Å². The molecule has 0 saturated heterocycles. The van der Waals surface area contributed by atoms with Gasteiger partial charge in [-0.3, -0.25) is 10.1 Å². The molecule has 0 aromatic heterocycles. The quantitative estimate of drug-likeness (QED) is 0.247. The predicted octanol–water partition coefficient (Wildman–Crippen LogP) is 5.09. The van der Waals surface area contributed by atoms with Crippen molar-refractivity contribution in [2.24, 2.45) is 0 Å². The third kappa shape index (κ3) is 8.73. The first-order valence-corrected chi connectivity index (χ1v) is 11.6. The minimum absolute atomic E-state index is 0.118. The van der Waals surface area contributed by atoms with E-state index in [4.69, 9.17) is 4.74 Å². The van der Waals surface area contributed by atoms with Crippen LogP contribution in [-0.4, -0.2) is 31.0 Å². The van der Waals surface area contributed by atoms with E-state index in [1.807, 2.05) is 0 Å². The maximum atomic E-state index is 11.7. The van der Waals surface area contributed by atoms with Crippen molar-refractivity contribution >= 4 is 15.5 Å². The van der Waals surface area contributed by atoms with Gasteiger partial charge in [0.25, 0.3) is 5.69 Å². The van der Waals surface area contributed by atoms with Crippen molar-refractivity contribution in [2.45, 2.75) is 77.4 Å². The van der Waals surface area contributed by atoms with Crippen molar-refractivity contribution in [1.29, 1.82) is 0 Å². The molecule has 6 nitrogen and oxygen atoms in total. The molecule has 27 heavy (non-hydrogen) atoms. The molecule has 0 aliphatic rings. The summed E-state index contributed by atoms with van der Waals surface area (Å²) in [5.41, 5.74) is 0.845. The Morgan fingerprint density at radius 2 is 1.74 bits per heavy atom. The fraction of sp³-hybridized carbons (Fsp3) is 0.700. The lowest BCUT2D eigenvalue weighted by Gasteiger charge is -2.08. The normalized spacial score (nSPS) is 11.7. The van der Waals surface area contributed by atoms with Crippen LogP contribution in [0.15, 0.2) is 18.2 Å². The van der Waals surface area contributed by atoms with Crippen LogP contribution in [0.5, 0.6) is 5.75 Å². The summed E-state index contributed by atoms with van der Waals surface area (Å²) in [7, 11) is -2.95. The molecule has 1 rings (SSSR count). The second-order valence-corrected chi connectivity index (χ2v) is 9.86. The summed E-state index contributed by atoms with van der Waals surface area (Å²) >= 11 is 0. The number of ether oxygens (including phenoxy) is 1. The first-order chi connectivity index (χ1) is 12.8. The highest BCUT2D eigenvalue weighted by Gasteiger charge is 2.16. The van der Waals surface area contributed by atoms with E-state index in [-0.39, 0.29) is 21.6 Å². The number of nitro groups is 1. The molecule has 154 valence electrons. The van der Waals surface area contributed by atoms with Crippen LogP contribution in [0.25, 0.3) is 0 Å². The summed E-state index contributed by atoms with van der Waals surface area (Å²) in [4.78, 5) is 11.0. The number of hydrogen-bond acceptors (Lipinski definition) is 5. The van der Waals surface area contributed by atoms with E-state index in [0.717, 1.165) is 44.1 Å². The molecule has 0 atom stereocenters. The molecule has 0 aliphatic heterocycles. The van der Waals surface area contributed by atoms with E-state index in [1.54, 1.807) is 26.0 Å². The first-order valence-electron chi connectivity index (χ1n) is 9.89. The van der Waals surface area contributed by atoms with Crippen LogP contribution in [-0.2, 0) is 16.3 Å². The van der Waals surface area contributed by atoms with Crippen molar-refractivity contribution in [3.05, 3.63) is 33.9 Å². The van der Waals surface area contributed by atoms with Gasteiger partial charge in [-0.15, -0.1) is 0 Å². The lowest BCUT2D eigenvalue weighted by molar-refractivity contribution is -0.385. The number of aryl methyl sites for hydroxylation is 1. The van der Waals surface area contributed by atoms with Crippen molar-refractivity contribution in [3.63, 3.8) is 0 Å². The van der Waals surface area contributed by atoms with E-state index >= 15 is 0 Å². The SMILES string of the molecule is CCCCOc1ccc(CCCCCCCS(=O)(=O)C(C)C)c([N+](=O)[O-])c1. The Bertz CT molecular complexity index is 686. The molecular formula is C20H33NO5S. The second kappa shape index (κ2) is 12.0. The topological polar surface area (TPSA) is 86.5 Å². The Kier molecular flexibility index (Phi) is 10.4. The average molecular weight is 400 g/mol. The van der Waals surface area contributed by atoms with Gasteiger partial charge in [-0.1, -0.05) is 32.6 Å². The number of rotatable bonds is 14. The highest BCUT2D eigenvalue weighted by molar-refractivity contribution is 7.91. The van der Waals surface area contributed by atoms with Crippen LogP contribution in [0.2, 0.25) is 0 Å². The van der Waals surface area contributed by atoms with E-state index in [9.17, 15) is 18.5 Å². The summed E-state index contributed by atoms with van der Waals surface area (Å²) in [5.74, 6) is 0.792. The summed E-state index contributed by atoms with van der Waals surface area (Å²) < 4.78 is 29.0. The lowest BCUT2D eigenvalue weighted by atomic mass is 10.0. The zero-order valence-corrected chi connectivity index (χ0v) is 17.6. The molecule has 0 radical (unpaired) electrons. The molecular weight excluding hydrogens is 366 g/mol. The Hall–Kier alpha value is -1.63. The van der Waals surface area contributed by atoms with Crippen molar-refractivity contribution in [2.75, 3.05) is 12.4 Å². The van der Waals surface area contributed by atoms with Crippen molar-refractivity contribution < 1.29 is 18.1 Å². The van der Waals surface area contributed by atoms with E-state index < -0.39 is 9.84 Å². The lowest BCUT2D eigenvalue weighted by Crippen LogP contribution is -2.17. The van der Waals surface area contributed by atoms with Gasteiger partial charge in [0.15, 0.2) is 9.84 Å². The average Bonchev–Trinajstić information content (AvgIpc) is 2.61. The molecule has 0 fully saturated rings. The zero-order chi connectivity index (χ0) is 20.3. The van der Waals surface area contributed by atoms with Gasteiger partial charge in [0, 0.05) is 5.56 Å². The number of hydrogen-bond donors (Lipinski definition) is 0. The number of sulfone groups is 1. The van der Waals surface area contributed by atoms with Crippen molar-refractivity contribution in [1.82, 2.24) is 0 Å². The number of unbranched alkanes of at least 4 members (excludes halogenated alkanes) is 5. The van der Waals surface area contributed by atoms with Gasteiger partial charge in [-0.05, 0) is 51.7 Å². The molecule has 7 heteroatoms. The molecule has 0 amide bonds. The third-order valence-corrected chi connectivity index (χ3v) is 6.91. The summed E-state index contributed by atoms with van der Waals surface area (Å²) in [6.45, 7) is 6.06. The van der Waals surface area contributed by atoms with Gasteiger partial charge >= 0.3 is 0 Å². The predicted molar refractivity (Wildman–Crippen MR) is 109 cm³/mol. The first kappa shape index (κ1) is 23.4. The van der Waals surface area contributed by atoms with Gasteiger partial charge < -0.3 is 4.74 Å². The van der Waals surface area contributed by atoms with E-state index in [1.165, 1.54) is 6.07 Å². The highest BCUT2D eigenvalue weighted by atomic mass is 32.2. The molecule has 0 spiro atoms. The molecule has 1 aromatic rings. The largest absolute Gasteiger partial charge is 0.493 e. The molecule has 0 bridgehead atoms. The summed E-state index contributed by atoms with van der Waals surface area (Å²) in [5, 5.41) is 11.0. The molecule has 0 N–H and O–H groups in total. The minimum atomic E-state index is -2.95. The van der Waals surface area contributed by atoms with Crippen LogP contribution < -0.4 is 4.74 Å². The number of nitrogens with zero attached hydrogens (tertiary/aromatic N) is 1. The molecule has 0 unspecified atom stereocenters. The van der Waals surface area contributed by atoms with Gasteiger partial charge in [-0.25, -0.2) is 8.42 Å². The third-order valence-electron chi connectivity index (χ3n) is 4.61. The van der Waals surface area contributed by atoms with Crippen LogP contribution in [0.4, 0.5) is 5.69 Å². The zero-order valence-electron chi connectivity index (χ0n) is 16.8. The highest BCUT2D eigenvalue weighted by Crippen LogP contribution is 2.26. The smallest absolute Gasteiger partial charge is 0.276 e. The van der Waals surface area contributed by atoms with Gasteiger partial charge in [-0.2, -0.15) is 0 Å². The maximum Gasteiger partial charge on any atom is 0.276 e. The van der Waals surface area contributed by atoms with E-state index in [0.29, 0.717) is 25.2 Å². The fourth-order valence-corrected chi connectivity index (χ4v) is 3.81. The Labute approximate surface area is 163 Å². The monoisotopic (exact) mass is 399 g/mol. The van der Waals surface area contributed by atoms with Crippen LogP contribution in [0.3, 0.4) is 0 Å². The summed E-state index contributed by atoms with van der Waals surface area (Å²) in [6.07, 6.45) is 6.89. The van der Waals surface area contributed by atoms with Gasteiger partial charge in [0.2, 0.25) is 0 Å². The summed E-state index contributed by atoms with van der Waals surface area (Å²) in [6, 6.07) is 5.10. The van der Waals surface area contributed by atoms with Gasteiger partial charge in [0.1, 0.15) is 5.75 Å².